The van der Waals surface area contributed by atoms with E-state index in [1.54, 1.807) is 0 Å². The molecule has 0 aliphatic heterocycles. The Labute approximate surface area is 148 Å². The third kappa shape index (κ3) is 2.97. The van der Waals surface area contributed by atoms with Crippen molar-refractivity contribution < 1.29 is 4.79 Å². The van der Waals surface area contributed by atoms with E-state index in [4.69, 9.17) is 5.73 Å². The lowest BCUT2D eigenvalue weighted by atomic mass is 9.76. The number of nitrogen functional groups attached to an aromatic ring is 1. The monoisotopic (exact) mass is 333 g/mol. The molecule has 128 valence electrons. The van der Waals surface area contributed by atoms with Crippen molar-refractivity contribution in [2.75, 3.05) is 5.73 Å². The van der Waals surface area contributed by atoms with Crippen LogP contribution in [0.25, 0.3) is 0 Å². The molecule has 1 heterocycles. The summed E-state index contributed by atoms with van der Waals surface area (Å²) in [5, 5.41) is 0. The zero-order chi connectivity index (χ0) is 17.4. The molecular formula is C21H23N3O. The highest BCUT2D eigenvalue weighted by atomic mass is 16.1. The first kappa shape index (κ1) is 16.0. The summed E-state index contributed by atoms with van der Waals surface area (Å²) in [4.78, 5) is 21.3. The molecule has 0 amide bonds. The maximum atomic E-state index is 12.8. The Hall–Kier alpha value is -2.49. The van der Waals surface area contributed by atoms with Crippen molar-refractivity contribution in [3.05, 3.63) is 64.5 Å². The number of nitrogens with two attached hydrogens (primary N) is 1. The van der Waals surface area contributed by atoms with Gasteiger partial charge in [-0.2, -0.15) is 0 Å². The highest BCUT2D eigenvalue weighted by molar-refractivity contribution is 5.99. The average molecular weight is 333 g/mol. The summed E-state index contributed by atoms with van der Waals surface area (Å²) in [5.74, 6) is 1.02. The number of aromatic nitrogens is 2. The van der Waals surface area contributed by atoms with E-state index in [2.05, 4.69) is 46.4 Å². The molecule has 2 N–H and O–H groups in total. The number of fused-ring (bicyclic) bond motifs is 1. The van der Waals surface area contributed by atoms with Gasteiger partial charge >= 0.3 is 0 Å². The number of carbonyl (C=O) groups excluding carboxylic acids is 1. The molecule has 0 saturated heterocycles. The number of hydrogen-bond acceptors (Lipinski definition) is 4. The molecule has 0 fully saturated rings. The number of hydrogen-bond donors (Lipinski definition) is 1. The van der Waals surface area contributed by atoms with Gasteiger partial charge in [0.05, 0.1) is 17.0 Å². The Morgan fingerprint density at radius 2 is 1.92 bits per heavy atom. The molecular weight excluding hydrogens is 310 g/mol. The normalized spacial score (nSPS) is 22.7. The fourth-order valence-corrected chi connectivity index (χ4v) is 4.31. The number of aryl methyl sites for hydroxylation is 1. The van der Waals surface area contributed by atoms with Crippen LogP contribution in [0.15, 0.2) is 36.4 Å². The van der Waals surface area contributed by atoms with Crippen molar-refractivity contribution >= 4 is 11.7 Å². The van der Waals surface area contributed by atoms with Crippen molar-refractivity contribution in [3.63, 3.8) is 0 Å². The minimum absolute atomic E-state index is 0.137. The number of allylic oxidation sites excluding steroid dienone is 2. The number of ketones is 1. The molecule has 0 spiro atoms. The van der Waals surface area contributed by atoms with Crippen LogP contribution in [0.2, 0.25) is 0 Å². The number of rotatable bonds is 2. The first-order chi connectivity index (χ1) is 12.1. The standard InChI is InChI=1S/C21H23N3O/c1-13-20-18(24-21(22)23-13)11-15(12-19(20)25)17-10-6-5-9-16(17)14-7-3-2-4-8-14/h3,5-7,9-10,14-15H,2,4,8,11-12H2,1H3,(H2,22,23,24). The van der Waals surface area contributed by atoms with E-state index in [1.165, 1.54) is 30.4 Å². The van der Waals surface area contributed by atoms with Crippen LogP contribution in [0.5, 0.6) is 0 Å². The van der Waals surface area contributed by atoms with Crippen molar-refractivity contribution in [1.29, 1.82) is 0 Å². The lowest BCUT2D eigenvalue weighted by molar-refractivity contribution is 0.0962. The number of Topliss-reactive ketones (excluding diaryl/α,β-unsaturated/α-hetero) is 1. The van der Waals surface area contributed by atoms with Crippen LogP contribution in [-0.4, -0.2) is 15.8 Å². The van der Waals surface area contributed by atoms with Crippen molar-refractivity contribution in [2.24, 2.45) is 0 Å². The molecule has 2 aromatic rings. The van der Waals surface area contributed by atoms with Crippen molar-refractivity contribution in [2.45, 2.75) is 50.9 Å². The first-order valence-corrected chi connectivity index (χ1v) is 9.05. The molecule has 2 unspecified atom stereocenters. The summed E-state index contributed by atoms with van der Waals surface area (Å²) < 4.78 is 0. The second kappa shape index (κ2) is 6.43. The van der Waals surface area contributed by atoms with Gasteiger partial charge in [0.2, 0.25) is 5.95 Å². The van der Waals surface area contributed by atoms with E-state index >= 15 is 0 Å². The van der Waals surface area contributed by atoms with Gasteiger partial charge in [-0.15, -0.1) is 0 Å². The zero-order valence-corrected chi connectivity index (χ0v) is 14.5. The molecule has 25 heavy (non-hydrogen) atoms. The zero-order valence-electron chi connectivity index (χ0n) is 14.5. The summed E-state index contributed by atoms with van der Waals surface area (Å²) in [6.07, 6.45) is 9.46. The Balaban J connectivity index is 1.73. The Bertz CT molecular complexity index is 856. The average Bonchev–Trinajstić information content (AvgIpc) is 2.61. The summed E-state index contributed by atoms with van der Waals surface area (Å²) in [6.45, 7) is 1.84. The molecule has 0 radical (unpaired) electrons. The molecule has 0 saturated carbocycles. The Morgan fingerprint density at radius 3 is 2.68 bits per heavy atom. The van der Waals surface area contributed by atoms with E-state index in [0.29, 0.717) is 23.6 Å². The molecule has 1 aromatic carbocycles. The van der Waals surface area contributed by atoms with Crippen molar-refractivity contribution in [3.8, 4) is 0 Å². The lowest BCUT2D eigenvalue weighted by Gasteiger charge is -2.28. The second-order valence-corrected chi connectivity index (χ2v) is 7.11. The van der Waals surface area contributed by atoms with Crippen molar-refractivity contribution in [1.82, 2.24) is 9.97 Å². The largest absolute Gasteiger partial charge is 0.368 e. The third-order valence-corrected chi connectivity index (χ3v) is 5.42. The number of benzene rings is 1. The summed E-state index contributed by atoms with van der Waals surface area (Å²) in [7, 11) is 0. The predicted molar refractivity (Wildman–Crippen MR) is 98.7 cm³/mol. The van der Waals surface area contributed by atoms with Crippen LogP contribution < -0.4 is 5.73 Å². The van der Waals surface area contributed by atoms with Gasteiger partial charge in [-0.05, 0) is 49.7 Å². The highest BCUT2D eigenvalue weighted by Gasteiger charge is 2.31. The minimum atomic E-state index is 0.137. The SMILES string of the molecule is Cc1nc(N)nc2c1C(=O)CC(c1ccccc1C1C=CCCC1)C2. The maximum Gasteiger partial charge on any atom is 0.220 e. The van der Waals surface area contributed by atoms with Crippen LogP contribution in [0.3, 0.4) is 0 Å². The lowest BCUT2D eigenvalue weighted by Crippen LogP contribution is -2.24. The van der Waals surface area contributed by atoms with Gasteiger partial charge in [0.25, 0.3) is 0 Å². The predicted octanol–water partition coefficient (Wildman–Crippen LogP) is 4.10. The summed E-state index contributed by atoms with van der Waals surface area (Å²) in [5.41, 5.74) is 10.7. The molecule has 4 nitrogen and oxygen atoms in total. The molecule has 0 bridgehead atoms. The van der Waals surface area contributed by atoms with Crippen LogP contribution in [0, 0.1) is 6.92 Å². The fraction of sp³-hybridized carbons (Fsp3) is 0.381. The number of anilines is 1. The first-order valence-electron chi connectivity index (χ1n) is 9.05. The highest BCUT2D eigenvalue weighted by Crippen LogP contribution is 2.38. The molecule has 4 rings (SSSR count). The van der Waals surface area contributed by atoms with Crippen LogP contribution >= 0.6 is 0 Å². The minimum Gasteiger partial charge on any atom is -0.368 e. The van der Waals surface area contributed by atoms with E-state index < -0.39 is 0 Å². The van der Waals surface area contributed by atoms with Gasteiger partial charge in [0.15, 0.2) is 5.78 Å². The molecule has 1 aromatic heterocycles. The van der Waals surface area contributed by atoms with Crippen LogP contribution in [0.4, 0.5) is 5.95 Å². The second-order valence-electron chi connectivity index (χ2n) is 7.11. The molecule has 2 aliphatic carbocycles. The summed E-state index contributed by atoms with van der Waals surface area (Å²) in [6, 6.07) is 8.57. The number of carbonyl (C=O) groups is 1. The van der Waals surface area contributed by atoms with E-state index in [9.17, 15) is 4.79 Å². The van der Waals surface area contributed by atoms with Gasteiger partial charge in [-0.25, -0.2) is 9.97 Å². The molecule has 4 heteroatoms. The summed E-state index contributed by atoms with van der Waals surface area (Å²) >= 11 is 0. The van der Waals surface area contributed by atoms with Crippen LogP contribution in [0.1, 0.15) is 70.4 Å². The van der Waals surface area contributed by atoms with Gasteiger partial charge in [-0.1, -0.05) is 36.4 Å². The van der Waals surface area contributed by atoms with E-state index in [0.717, 1.165) is 12.1 Å². The van der Waals surface area contributed by atoms with E-state index in [-0.39, 0.29) is 17.6 Å². The maximum absolute atomic E-state index is 12.8. The van der Waals surface area contributed by atoms with Gasteiger partial charge < -0.3 is 5.73 Å². The quantitative estimate of drug-likeness (QED) is 0.840. The third-order valence-electron chi connectivity index (χ3n) is 5.42. The van der Waals surface area contributed by atoms with E-state index in [1.807, 2.05) is 6.92 Å². The Morgan fingerprint density at radius 1 is 1.12 bits per heavy atom. The topological polar surface area (TPSA) is 68.9 Å². The smallest absolute Gasteiger partial charge is 0.220 e. The Kier molecular flexibility index (Phi) is 4.12. The van der Waals surface area contributed by atoms with Gasteiger partial charge in [0.1, 0.15) is 0 Å². The number of nitrogens with zero attached hydrogens (tertiary/aromatic N) is 2. The molecule has 2 atom stereocenters. The fourth-order valence-electron chi connectivity index (χ4n) is 4.31. The van der Waals surface area contributed by atoms with Gasteiger partial charge in [-0.3, -0.25) is 4.79 Å². The van der Waals surface area contributed by atoms with Crippen LogP contribution in [-0.2, 0) is 6.42 Å². The molecule has 2 aliphatic rings. The van der Waals surface area contributed by atoms with Gasteiger partial charge in [0, 0.05) is 12.3 Å².